The molecule has 1 unspecified atom stereocenters. The van der Waals surface area contributed by atoms with E-state index < -0.39 is 0 Å². The van der Waals surface area contributed by atoms with Gasteiger partial charge in [-0.25, -0.2) is 15.8 Å². The fourth-order valence-corrected chi connectivity index (χ4v) is 2.25. The van der Waals surface area contributed by atoms with E-state index in [2.05, 4.69) is 54.4 Å². The summed E-state index contributed by atoms with van der Waals surface area (Å²) in [6.07, 6.45) is 3.26. The zero-order chi connectivity index (χ0) is 14.4. The highest BCUT2D eigenvalue weighted by atomic mass is 32.2. The van der Waals surface area contributed by atoms with E-state index in [1.807, 2.05) is 17.8 Å². The molecule has 5 nitrogen and oxygen atoms in total. The zero-order valence-corrected chi connectivity index (χ0v) is 13.3. The number of anilines is 2. The molecule has 1 heterocycles. The number of hydrazine groups is 1. The summed E-state index contributed by atoms with van der Waals surface area (Å²) >= 11 is 1.87. The van der Waals surface area contributed by atoms with E-state index in [4.69, 9.17) is 5.84 Å². The summed E-state index contributed by atoms with van der Waals surface area (Å²) in [5, 5.41) is 0. The van der Waals surface area contributed by atoms with Gasteiger partial charge in [-0.15, -0.1) is 0 Å². The van der Waals surface area contributed by atoms with Gasteiger partial charge in [0.25, 0.3) is 0 Å². The molecule has 0 aliphatic heterocycles. The third-order valence-corrected chi connectivity index (χ3v) is 3.80. The molecule has 1 rings (SSSR count). The van der Waals surface area contributed by atoms with Crippen LogP contribution in [0.2, 0.25) is 0 Å². The number of nitrogens with one attached hydrogen (secondary N) is 1. The number of hydrogen-bond acceptors (Lipinski definition) is 6. The van der Waals surface area contributed by atoms with E-state index in [1.165, 1.54) is 0 Å². The average molecular weight is 283 g/mol. The summed E-state index contributed by atoms with van der Waals surface area (Å²) in [6, 6.07) is 2.33. The summed E-state index contributed by atoms with van der Waals surface area (Å²) in [7, 11) is 2.07. The first kappa shape index (κ1) is 16.0. The third-order valence-electron chi connectivity index (χ3n) is 3.16. The highest BCUT2D eigenvalue weighted by Gasteiger charge is 2.14. The van der Waals surface area contributed by atoms with E-state index in [1.54, 1.807) is 0 Å². The van der Waals surface area contributed by atoms with Crippen molar-refractivity contribution in [3.05, 3.63) is 11.9 Å². The molecule has 3 N–H and O–H groups in total. The number of thioether (sulfide) groups is 1. The molecule has 108 valence electrons. The Kier molecular flexibility index (Phi) is 6.37. The Morgan fingerprint density at radius 1 is 1.37 bits per heavy atom. The quantitative estimate of drug-likeness (QED) is 0.592. The SMILES string of the molecule is CSCCC(C)N(C)c1cc(NN)nc(C(C)C)n1. The van der Waals surface area contributed by atoms with Gasteiger partial charge in [0.05, 0.1) is 0 Å². The lowest BCUT2D eigenvalue weighted by Gasteiger charge is -2.26. The Morgan fingerprint density at radius 3 is 2.58 bits per heavy atom. The summed E-state index contributed by atoms with van der Waals surface area (Å²) in [6.45, 7) is 6.37. The van der Waals surface area contributed by atoms with Gasteiger partial charge in [-0.2, -0.15) is 11.8 Å². The summed E-state index contributed by atoms with van der Waals surface area (Å²) in [5.74, 6) is 9.31. The van der Waals surface area contributed by atoms with Gasteiger partial charge in [0.15, 0.2) is 0 Å². The van der Waals surface area contributed by atoms with Crippen molar-refractivity contribution in [2.45, 2.75) is 39.2 Å². The van der Waals surface area contributed by atoms with Crippen molar-refractivity contribution in [3.63, 3.8) is 0 Å². The molecular weight excluding hydrogens is 258 g/mol. The van der Waals surface area contributed by atoms with Crippen molar-refractivity contribution in [2.24, 2.45) is 5.84 Å². The second-order valence-electron chi connectivity index (χ2n) is 5.01. The van der Waals surface area contributed by atoms with Gasteiger partial charge in [-0.05, 0) is 25.4 Å². The van der Waals surface area contributed by atoms with E-state index in [-0.39, 0.29) is 5.92 Å². The minimum absolute atomic E-state index is 0.280. The van der Waals surface area contributed by atoms with Crippen LogP contribution in [0.15, 0.2) is 6.07 Å². The van der Waals surface area contributed by atoms with Crippen LogP contribution in [0.1, 0.15) is 38.9 Å². The van der Waals surface area contributed by atoms with Crippen LogP contribution >= 0.6 is 11.8 Å². The molecule has 0 bridgehead atoms. The number of nitrogen functional groups attached to an aromatic ring is 1. The lowest BCUT2D eigenvalue weighted by Crippen LogP contribution is -2.30. The molecule has 1 atom stereocenters. The van der Waals surface area contributed by atoms with Crippen LogP contribution in [0.4, 0.5) is 11.6 Å². The first-order valence-corrected chi connectivity index (χ1v) is 7.96. The van der Waals surface area contributed by atoms with Crippen LogP contribution < -0.4 is 16.2 Å². The van der Waals surface area contributed by atoms with Crippen LogP contribution in [0.5, 0.6) is 0 Å². The fourth-order valence-electron chi connectivity index (χ4n) is 1.67. The largest absolute Gasteiger partial charge is 0.357 e. The molecule has 0 aliphatic rings. The second kappa shape index (κ2) is 7.55. The molecule has 1 aromatic heterocycles. The van der Waals surface area contributed by atoms with Crippen molar-refractivity contribution in [2.75, 3.05) is 29.4 Å². The van der Waals surface area contributed by atoms with Gasteiger partial charge in [0.1, 0.15) is 17.5 Å². The minimum Gasteiger partial charge on any atom is -0.357 e. The van der Waals surface area contributed by atoms with Gasteiger partial charge < -0.3 is 10.3 Å². The van der Waals surface area contributed by atoms with Gasteiger partial charge in [-0.3, -0.25) is 0 Å². The molecular formula is C13H25N5S. The van der Waals surface area contributed by atoms with Crippen molar-refractivity contribution in [1.82, 2.24) is 9.97 Å². The highest BCUT2D eigenvalue weighted by Crippen LogP contribution is 2.21. The van der Waals surface area contributed by atoms with E-state index in [0.29, 0.717) is 11.9 Å². The number of rotatable bonds is 7. The van der Waals surface area contributed by atoms with E-state index in [9.17, 15) is 0 Å². The number of nitrogens with zero attached hydrogens (tertiary/aromatic N) is 3. The Morgan fingerprint density at radius 2 is 2.05 bits per heavy atom. The van der Waals surface area contributed by atoms with Crippen LogP contribution in [-0.4, -0.2) is 35.1 Å². The van der Waals surface area contributed by atoms with Crippen LogP contribution in [-0.2, 0) is 0 Å². The molecule has 0 fully saturated rings. The number of aromatic nitrogens is 2. The molecule has 6 heteroatoms. The predicted molar refractivity (Wildman–Crippen MR) is 84.8 cm³/mol. The van der Waals surface area contributed by atoms with Crippen LogP contribution in [0, 0.1) is 0 Å². The minimum atomic E-state index is 0.280. The monoisotopic (exact) mass is 283 g/mol. The van der Waals surface area contributed by atoms with Crippen LogP contribution in [0.3, 0.4) is 0 Å². The average Bonchev–Trinajstić information content (AvgIpc) is 2.43. The molecule has 0 spiro atoms. The van der Waals surface area contributed by atoms with Crippen LogP contribution in [0.25, 0.3) is 0 Å². The Hall–Kier alpha value is -1.01. The maximum absolute atomic E-state index is 5.48. The zero-order valence-electron chi connectivity index (χ0n) is 12.5. The lowest BCUT2D eigenvalue weighted by molar-refractivity contribution is 0.655. The Balaban J connectivity index is 2.94. The van der Waals surface area contributed by atoms with E-state index in [0.717, 1.165) is 23.8 Å². The van der Waals surface area contributed by atoms with Gasteiger partial charge >= 0.3 is 0 Å². The van der Waals surface area contributed by atoms with Gasteiger partial charge in [0, 0.05) is 25.1 Å². The van der Waals surface area contributed by atoms with Crippen molar-refractivity contribution >= 4 is 23.4 Å². The summed E-state index contributed by atoms with van der Waals surface area (Å²) in [4.78, 5) is 11.2. The third kappa shape index (κ3) is 4.54. The number of hydrogen-bond donors (Lipinski definition) is 2. The van der Waals surface area contributed by atoms with Crippen molar-refractivity contribution in [3.8, 4) is 0 Å². The fraction of sp³-hybridized carbons (Fsp3) is 0.692. The molecule has 0 radical (unpaired) electrons. The second-order valence-corrected chi connectivity index (χ2v) is 6.00. The molecule has 0 aliphatic carbocycles. The smallest absolute Gasteiger partial charge is 0.145 e. The summed E-state index contributed by atoms with van der Waals surface area (Å²) in [5.41, 5.74) is 2.62. The molecule has 1 aromatic rings. The maximum Gasteiger partial charge on any atom is 0.145 e. The molecule has 19 heavy (non-hydrogen) atoms. The lowest BCUT2D eigenvalue weighted by atomic mass is 10.2. The molecule has 0 aromatic carbocycles. The topological polar surface area (TPSA) is 67.1 Å². The van der Waals surface area contributed by atoms with Gasteiger partial charge in [-0.1, -0.05) is 13.8 Å². The highest BCUT2D eigenvalue weighted by molar-refractivity contribution is 7.98. The molecule has 0 amide bonds. The van der Waals surface area contributed by atoms with E-state index >= 15 is 0 Å². The first-order valence-electron chi connectivity index (χ1n) is 6.57. The van der Waals surface area contributed by atoms with Crippen molar-refractivity contribution in [1.29, 1.82) is 0 Å². The first-order chi connectivity index (χ1) is 8.99. The van der Waals surface area contributed by atoms with Crippen molar-refractivity contribution < 1.29 is 0 Å². The predicted octanol–water partition coefficient (Wildman–Crippen LogP) is 2.46. The number of nitrogens with two attached hydrogens (primary N) is 1. The summed E-state index contributed by atoms with van der Waals surface area (Å²) < 4.78 is 0. The van der Waals surface area contributed by atoms with Gasteiger partial charge in [0.2, 0.25) is 0 Å². The molecule has 0 saturated heterocycles. The maximum atomic E-state index is 5.48. The normalized spacial score (nSPS) is 12.6. The molecule has 0 saturated carbocycles. The Labute approximate surface area is 120 Å². The Bertz CT molecular complexity index is 397. The standard InChI is InChI=1S/C13H25N5S/c1-9(2)13-15-11(17-14)8-12(16-13)18(4)10(3)6-7-19-5/h8-10H,6-7,14H2,1-5H3,(H,15,16,17).